The molecule has 0 aliphatic rings. The Labute approximate surface area is 142 Å². The van der Waals surface area contributed by atoms with Gasteiger partial charge in [0.05, 0.1) is 0 Å². The molecule has 3 nitrogen and oxygen atoms in total. The summed E-state index contributed by atoms with van der Waals surface area (Å²) in [5.41, 5.74) is 1.92. The zero-order valence-corrected chi connectivity index (χ0v) is 14.9. The lowest BCUT2D eigenvalue weighted by Gasteiger charge is -2.23. The second kappa shape index (κ2) is 7.55. The molecule has 122 valence electrons. The Hall–Kier alpha value is -1.94. The third-order valence-corrected chi connectivity index (χ3v) is 4.18. The van der Waals surface area contributed by atoms with Gasteiger partial charge in [-0.3, -0.25) is 4.79 Å². The van der Waals surface area contributed by atoms with E-state index >= 15 is 0 Å². The minimum Gasteiger partial charge on any atom is -0.484 e. The number of benzene rings is 2. The lowest BCUT2D eigenvalue weighted by Crippen LogP contribution is -2.23. The van der Waals surface area contributed by atoms with E-state index in [0.717, 1.165) is 11.3 Å². The molecule has 0 aromatic heterocycles. The van der Waals surface area contributed by atoms with E-state index in [9.17, 15) is 4.79 Å². The van der Waals surface area contributed by atoms with E-state index in [0.29, 0.717) is 5.75 Å². The lowest BCUT2D eigenvalue weighted by atomic mass is 9.86. The van der Waals surface area contributed by atoms with Gasteiger partial charge in [-0.2, -0.15) is 0 Å². The molecule has 0 aliphatic heterocycles. The molecule has 2 aromatic rings. The van der Waals surface area contributed by atoms with Crippen molar-refractivity contribution in [1.82, 2.24) is 0 Å². The van der Waals surface area contributed by atoms with Crippen LogP contribution in [-0.2, 0) is 10.2 Å². The van der Waals surface area contributed by atoms with Crippen LogP contribution < -0.4 is 10.1 Å². The fourth-order valence-electron chi connectivity index (χ4n) is 2.25. The van der Waals surface area contributed by atoms with Gasteiger partial charge in [0.2, 0.25) is 0 Å². The van der Waals surface area contributed by atoms with Crippen LogP contribution in [0.4, 0.5) is 5.69 Å². The number of anilines is 1. The number of carbonyl (C=O) groups excluding carboxylic acids is 1. The van der Waals surface area contributed by atoms with Crippen molar-refractivity contribution >= 4 is 23.4 Å². The van der Waals surface area contributed by atoms with Gasteiger partial charge in [0.1, 0.15) is 5.75 Å². The molecule has 0 fully saturated rings. The molecule has 2 rings (SSSR count). The van der Waals surface area contributed by atoms with Gasteiger partial charge in [-0.25, -0.2) is 0 Å². The predicted molar refractivity (Wildman–Crippen MR) is 97.5 cm³/mol. The summed E-state index contributed by atoms with van der Waals surface area (Å²) in [6.45, 7) is 6.38. The molecule has 0 radical (unpaired) electrons. The summed E-state index contributed by atoms with van der Waals surface area (Å²) in [5, 5.41) is 2.94. The second-order valence-corrected chi connectivity index (χ2v) is 7.19. The van der Waals surface area contributed by atoms with E-state index in [4.69, 9.17) is 4.74 Å². The summed E-state index contributed by atoms with van der Waals surface area (Å²) >= 11 is 1.67. The Balaban J connectivity index is 1.97. The first-order valence-corrected chi connectivity index (χ1v) is 8.79. The van der Waals surface area contributed by atoms with E-state index in [1.807, 2.05) is 54.8 Å². The highest BCUT2D eigenvalue weighted by atomic mass is 32.2. The Morgan fingerprint density at radius 1 is 1.09 bits per heavy atom. The molecule has 0 aliphatic carbocycles. The predicted octanol–water partition coefficient (Wildman–Crippen LogP) is 4.72. The number of rotatable bonds is 5. The van der Waals surface area contributed by atoms with Crippen LogP contribution in [0.15, 0.2) is 53.4 Å². The second-order valence-electron chi connectivity index (χ2n) is 6.31. The third-order valence-electron chi connectivity index (χ3n) is 3.44. The number of amides is 1. The van der Waals surface area contributed by atoms with Crippen molar-refractivity contribution in [2.24, 2.45) is 0 Å². The quantitative estimate of drug-likeness (QED) is 0.806. The number of nitrogens with one attached hydrogen (secondary N) is 1. The number of hydrogen-bond acceptors (Lipinski definition) is 3. The van der Waals surface area contributed by atoms with Crippen LogP contribution in [0.25, 0.3) is 0 Å². The average molecular weight is 329 g/mol. The lowest BCUT2D eigenvalue weighted by molar-refractivity contribution is -0.118. The first-order chi connectivity index (χ1) is 10.9. The fourth-order valence-corrected chi connectivity index (χ4v) is 2.66. The summed E-state index contributed by atoms with van der Waals surface area (Å²) in [7, 11) is 0. The van der Waals surface area contributed by atoms with Crippen molar-refractivity contribution in [2.75, 3.05) is 18.2 Å². The highest BCUT2D eigenvalue weighted by Crippen LogP contribution is 2.29. The van der Waals surface area contributed by atoms with Gasteiger partial charge in [0, 0.05) is 10.6 Å². The Morgan fingerprint density at radius 3 is 2.35 bits per heavy atom. The number of ether oxygens (including phenoxy) is 1. The molecular formula is C19H23NO2S. The summed E-state index contributed by atoms with van der Waals surface area (Å²) in [6, 6.07) is 15.6. The van der Waals surface area contributed by atoms with Crippen molar-refractivity contribution in [3.05, 3.63) is 54.1 Å². The maximum atomic E-state index is 12.1. The molecule has 4 heteroatoms. The molecule has 1 N–H and O–H groups in total. The molecular weight excluding hydrogens is 306 g/mol. The van der Waals surface area contributed by atoms with Gasteiger partial charge < -0.3 is 10.1 Å². The van der Waals surface area contributed by atoms with Crippen LogP contribution in [0, 0.1) is 0 Å². The van der Waals surface area contributed by atoms with Crippen LogP contribution in [0.2, 0.25) is 0 Å². The van der Waals surface area contributed by atoms with E-state index in [-0.39, 0.29) is 17.9 Å². The summed E-state index contributed by atoms with van der Waals surface area (Å²) in [5.74, 6) is 0.540. The largest absolute Gasteiger partial charge is 0.484 e. The molecule has 0 bridgehead atoms. The first-order valence-electron chi connectivity index (χ1n) is 7.56. The van der Waals surface area contributed by atoms with Gasteiger partial charge in [0.15, 0.2) is 6.61 Å². The first kappa shape index (κ1) is 17.4. The monoisotopic (exact) mass is 329 g/mol. The van der Waals surface area contributed by atoms with Gasteiger partial charge in [-0.15, -0.1) is 11.8 Å². The summed E-state index contributed by atoms with van der Waals surface area (Å²) in [6.07, 6.45) is 2.02. The number of thioether (sulfide) groups is 1. The molecule has 0 saturated heterocycles. The maximum Gasteiger partial charge on any atom is 0.262 e. The van der Waals surface area contributed by atoms with Gasteiger partial charge in [-0.05, 0) is 47.6 Å². The van der Waals surface area contributed by atoms with E-state index in [1.54, 1.807) is 11.8 Å². The van der Waals surface area contributed by atoms with Crippen molar-refractivity contribution in [3.63, 3.8) is 0 Å². The molecule has 0 unspecified atom stereocenters. The number of hydrogen-bond donors (Lipinski definition) is 1. The van der Waals surface area contributed by atoms with Gasteiger partial charge >= 0.3 is 0 Å². The summed E-state index contributed by atoms with van der Waals surface area (Å²) in [4.78, 5) is 13.3. The molecule has 0 saturated carbocycles. The van der Waals surface area contributed by atoms with E-state index < -0.39 is 0 Å². The topological polar surface area (TPSA) is 38.3 Å². The van der Waals surface area contributed by atoms with E-state index in [2.05, 4.69) is 26.1 Å². The minimum atomic E-state index is -0.157. The number of carbonyl (C=O) groups is 1. The third kappa shape index (κ3) is 5.03. The standard InChI is InChI=1S/C19H23NO2S/c1-19(2,3)16-7-5-6-8-17(16)20-18(21)13-22-14-9-11-15(23-4)12-10-14/h5-12H,13H2,1-4H3,(H,20,21). The molecule has 2 aromatic carbocycles. The molecule has 23 heavy (non-hydrogen) atoms. The van der Waals surface area contributed by atoms with Gasteiger partial charge in [-0.1, -0.05) is 39.0 Å². The van der Waals surface area contributed by atoms with Crippen LogP contribution in [0.3, 0.4) is 0 Å². The fraction of sp³-hybridized carbons (Fsp3) is 0.316. The average Bonchev–Trinajstić information content (AvgIpc) is 2.53. The molecule has 0 spiro atoms. The molecule has 0 heterocycles. The Kier molecular flexibility index (Phi) is 5.72. The van der Waals surface area contributed by atoms with Crippen molar-refractivity contribution in [3.8, 4) is 5.75 Å². The van der Waals surface area contributed by atoms with Crippen LogP contribution >= 0.6 is 11.8 Å². The zero-order chi connectivity index (χ0) is 16.9. The van der Waals surface area contributed by atoms with Crippen molar-refractivity contribution in [2.45, 2.75) is 31.1 Å². The van der Waals surface area contributed by atoms with Crippen LogP contribution in [0.5, 0.6) is 5.75 Å². The molecule has 0 atom stereocenters. The normalized spacial score (nSPS) is 11.1. The van der Waals surface area contributed by atoms with Crippen molar-refractivity contribution in [1.29, 1.82) is 0 Å². The smallest absolute Gasteiger partial charge is 0.262 e. The summed E-state index contributed by atoms with van der Waals surface area (Å²) < 4.78 is 5.54. The van der Waals surface area contributed by atoms with Crippen LogP contribution in [-0.4, -0.2) is 18.8 Å². The SMILES string of the molecule is CSc1ccc(OCC(=O)Nc2ccccc2C(C)(C)C)cc1. The van der Waals surface area contributed by atoms with Crippen LogP contribution in [0.1, 0.15) is 26.3 Å². The van der Waals surface area contributed by atoms with Crippen molar-refractivity contribution < 1.29 is 9.53 Å². The number of para-hydroxylation sites is 1. The Bertz CT molecular complexity index is 660. The highest BCUT2D eigenvalue weighted by molar-refractivity contribution is 7.98. The zero-order valence-electron chi connectivity index (χ0n) is 14.1. The minimum absolute atomic E-state index is 0.00289. The van der Waals surface area contributed by atoms with Gasteiger partial charge in [0.25, 0.3) is 5.91 Å². The van der Waals surface area contributed by atoms with E-state index in [1.165, 1.54) is 4.90 Å². The molecule has 1 amide bonds. The Morgan fingerprint density at radius 2 is 1.74 bits per heavy atom. The highest BCUT2D eigenvalue weighted by Gasteiger charge is 2.18. The maximum absolute atomic E-state index is 12.1.